The summed E-state index contributed by atoms with van der Waals surface area (Å²) in [5.74, 6) is -0.282. The molecule has 4 heteroatoms. The van der Waals surface area contributed by atoms with E-state index in [0.29, 0.717) is 5.56 Å². The maximum Gasteiger partial charge on any atom is 1.00 e. The molecule has 0 unspecified atom stereocenters. The molecule has 0 radical (unpaired) electrons. The summed E-state index contributed by atoms with van der Waals surface area (Å²) in [6.07, 6.45) is 3.99. The van der Waals surface area contributed by atoms with Crippen LogP contribution in [0.3, 0.4) is 0 Å². The number of allylic oxidation sites excluding steroid dienone is 1. The SMILES string of the molecule is N#C/C=C(/[O-])c1ccncc1.[Na+]. The van der Waals surface area contributed by atoms with E-state index in [4.69, 9.17) is 5.26 Å². The van der Waals surface area contributed by atoms with Gasteiger partial charge < -0.3 is 5.11 Å². The summed E-state index contributed by atoms with van der Waals surface area (Å²) in [6.45, 7) is 0. The molecular weight excluding hydrogens is 163 g/mol. The van der Waals surface area contributed by atoms with Gasteiger partial charge in [-0.25, -0.2) is 0 Å². The number of hydrogen-bond donors (Lipinski definition) is 0. The summed E-state index contributed by atoms with van der Waals surface area (Å²) in [7, 11) is 0. The molecule has 1 heterocycles. The molecule has 0 N–H and O–H groups in total. The van der Waals surface area contributed by atoms with Crippen molar-refractivity contribution < 1.29 is 34.7 Å². The molecule has 0 atom stereocenters. The van der Waals surface area contributed by atoms with Crippen molar-refractivity contribution in [2.24, 2.45) is 0 Å². The van der Waals surface area contributed by atoms with Crippen LogP contribution in [0.5, 0.6) is 0 Å². The Morgan fingerprint density at radius 3 is 2.58 bits per heavy atom. The van der Waals surface area contributed by atoms with Crippen LogP contribution in [0.4, 0.5) is 0 Å². The van der Waals surface area contributed by atoms with Crippen LogP contribution in [0.2, 0.25) is 0 Å². The molecular formula is C8H5N2NaO. The zero-order valence-corrected chi connectivity index (χ0v) is 8.69. The third kappa shape index (κ3) is 3.05. The Balaban J connectivity index is 0.00000121. The minimum atomic E-state index is -0.282. The summed E-state index contributed by atoms with van der Waals surface area (Å²) < 4.78 is 0. The van der Waals surface area contributed by atoms with Gasteiger partial charge in [-0.3, -0.25) is 4.98 Å². The fraction of sp³-hybridized carbons (Fsp3) is 0. The predicted molar refractivity (Wildman–Crippen MR) is 37.8 cm³/mol. The molecule has 0 saturated heterocycles. The van der Waals surface area contributed by atoms with Crippen molar-refractivity contribution in [2.45, 2.75) is 0 Å². The quantitative estimate of drug-likeness (QED) is 0.260. The van der Waals surface area contributed by atoms with Gasteiger partial charge in [-0.2, -0.15) is 5.26 Å². The standard InChI is InChI=1S/C8H6N2O.Na/c9-4-1-8(11)7-2-5-10-6-3-7;/h1-3,5-6,11H;/q;+1/p-1/b8-1+;. The minimum Gasteiger partial charge on any atom is -0.872 e. The molecule has 0 fully saturated rings. The fourth-order valence-corrected chi connectivity index (χ4v) is 0.658. The Morgan fingerprint density at radius 1 is 1.50 bits per heavy atom. The maximum absolute atomic E-state index is 10.9. The van der Waals surface area contributed by atoms with E-state index < -0.39 is 0 Å². The van der Waals surface area contributed by atoms with Crippen LogP contribution in [-0.4, -0.2) is 4.98 Å². The van der Waals surface area contributed by atoms with Gasteiger partial charge >= 0.3 is 29.6 Å². The number of hydrogen-bond acceptors (Lipinski definition) is 3. The first kappa shape index (κ1) is 11.2. The average Bonchev–Trinajstić information content (AvgIpc) is 2.07. The molecule has 0 aliphatic heterocycles. The van der Waals surface area contributed by atoms with Crippen molar-refractivity contribution in [3.8, 4) is 6.07 Å². The molecule has 0 aliphatic rings. The first-order valence-electron chi connectivity index (χ1n) is 3.02. The molecule has 0 aliphatic carbocycles. The van der Waals surface area contributed by atoms with Crippen LogP contribution in [0.1, 0.15) is 5.56 Å². The zero-order valence-electron chi connectivity index (χ0n) is 6.69. The topological polar surface area (TPSA) is 59.7 Å². The minimum absolute atomic E-state index is 0. The Hall–Kier alpha value is -0.820. The van der Waals surface area contributed by atoms with Crippen LogP contribution >= 0.6 is 0 Å². The van der Waals surface area contributed by atoms with E-state index in [1.807, 2.05) is 0 Å². The normalized spacial score (nSPS) is 9.75. The van der Waals surface area contributed by atoms with Crippen LogP contribution < -0.4 is 34.7 Å². The zero-order chi connectivity index (χ0) is 8.10. The van der Waals surface area contributed by atoms with E-state index in [0.717, 1.165) is 6.08 Å². The fourth-order valence-electron chi connectivity index (χ4n) is 0.658. The van der Waals surface area contributed by atoms with Crippen molar-refractivity contribution in [2.75, 3.05) is 0 Å². The molecule has 0 saturated carbocycles. The smallest absolute Gasteiger partial charge is 0.872 e. The molecule has 1 aromatic heterocycles. The van der Waals surface area contributed by atoms with Gasteiger partial charge in [-0.15, -0.1) is 0 Å². The van der Waals surface area contributed by atoms with E-state index in [2.05, 4.69) is 4.98 Å². The predicted octanol–water partition coefficient (Wildman–Crippen LogP) is -2.69. The summed E-state index contributed by atoms with van der Waals surface area (Å²) in [6, 6.07) is 4.80. The molecule has 0 bridgehead atoms. The van der Waals surface area contributed by atoms with Crippen molar-refractivity contribution in [1.82, 2.24) is 4.98 Å². The molecule has 12 heavy (non-hydrogen) atoms. The van der Waals surface area contributed by atoms with Gasteiger partial charge in [-0.05, 0) is 17.7 Å². The Kier molecular flexibility index (Phi) is 5.39. The molecule has 1 rings (SSSR count). The summed E-state index contributed by atoms with van der Waals surface area (Å²) in [4.78, 5) is 3.74. The van der Waals surface area contributed by atoms with Crippen LogP contribution in [-0.2, 0) is 0 Å². The van der Waals surface area contributed by atoms with E-state index in [9.17, 15) is 5.11 Å². The molecule has 3 nitrogen and oxygen atoms in total. The van der Waals surface area contributed by atoms with Crippen LogP contribution in [0, 0.1) is 11.3 Å². The second kappa shape index (κ2) is 5.78. The number of aromatic nitrogens is 1. The van der Waals surface area contributed by atoms with Gasteiger partial charge in [0, 0.05) is 18.5 Å². The second-order valence-corrected chi connectivity index (χ2v) is 1.87. The molecule has 54 valence electrons. The molecule has 1 aromatic rings. The summed E-state index contributed by atoms with van der Waals surface area (Å²) in [5, 5.41) is 19.1. The molecule has 0 spiro atoms. The largest absolute Gasteiger partial charge is 1.00 e. The van der Waals surface area contributed by atoms with Gasteiger partial charge in [0.15, 0.2) is 0 Å². The maximum atomic E-state index is 10.9. The summed E-state index contributed by atoms with van der Waals surface area (Å²) in [5.41, 5.74) is 0.488. The van der Waals surface area contributed by atoms with E-state index in [-0.39, 0.29) is 35.3 Å². The second-order valence-electron chi connectivity index (χ2n) is 1.87. The van der Waals surface area contributed by atoms with Gasteiger partial charge in [0.25, 0.3) is 0 Å². The first-order valence-corrected chi connectivity index (χ1v) is 3.02. The summed E-state index contributed by atoms with van der Waals surface area (Å²) >= 11 is 0. The van der Waals surface area contributed by atoms with E-state index in [1.54, 1.807) is 18.2 Å². The van der Waals surface area contributed by atoms with Gasteiger partial charge in [0.05, 0.1) is 6.07 Å². The average molecular weight is 168 g/mol. The van der Waals surface area contributed by atoms with Crippen LogP contribution in [0.25, 0.3) is 5.76 Å². The van der Waals surface area contributed by atoms with Crippen molar-refractivity contribution in [1.29, 1.82) is 5.26 Å². The van der Waals surface area contributed by atoms with E-state index >= 15 is 0 Å². The van der Waals surface area contributed by atoms with Gasteiger partial charge in [0.2, 0.25) is 0 Å². The van der Waals surface area contributed by atoms with Crippen LogP contribution in [0.15, 0.2) is 30.6 Å². The number of nitrogens with zero attached hydrogens (tertiary/aromatic N) is 2. The Labute approximate surface area is 92.7 Å². The Morgan fingerprint density at radius 2 is 2.08 bits per heavy atom. The van der Waals surface area contributed by atoms with Crippen molar-refractivity contribution >= 4 is 5.76 Å². The third-order valence-corrected chi connectivity index (χ3v) is 1.16. The third-order valence-electron chi connectivity index (χ3n) is 1.16. The number of nitriles is 1. The van der Waals surface area contributed by atoms with Gasteiger partial charge in [-0.1, -0.05) is 5.76 Å². The molecule has 0 amide bonds. The van der Waals surface area contributed by atoms with Crippen molar-refractivity contribution in [3.63, 3.8) is 0 Å². The Bertz CT molecular complexity index is 303. The first-order chi connectivity index (χ1) is 5.34. The number of pyridine rings is 1. The van der Waals surface area contributed by atoms with Crippen molar-refractivity contribution in [3.05, 3.63) is 36.2 Å². The number of rotatable bonds is 1. The van der Waals surface area contributed by atoms with Gasteiger partial charge in [0.1, 0.15) is 0 Å². The monoisotopic (exact) mass is 168 g/mol. The molecule has 0 aromatic carbocycles. The van der Waals surface area contributed by atoms with E-state index in [1.165, 1.54) is 12.4 Å².